The average Bonchev–Trinajstić information content (AvgIpc) is 2.18. The van der Waals surface area contributed by atoms with E-state index in [-0.39, 0.29) is 10.0 Å². The van der Waals surface area contributed by atoms with Crippen molar-refractivity contribution in [3.8, 4) is 0 Å². The first kappa shape index (κ1) is 16.9. The first-order valence-electron chi connectivity index (χ1n) is 5.03. The van der Waals surface area contributed by atoms with Crippen LogP contribution in [0.5, 0.6) is 0 Å². The van der Waals surface area contributed by atoms with E-state index in [0.717, 1.165) is 12.1 Å². The number of carbonyl (C=O) groups is 1. The van der Waals surface area contributed by atoms with Gasteiger partial charge in [0.25, 0.3) is 0 Å². The highest BCUT2D eigenvalue weighted by Gasteiger charge is 2.60. The van der Waals surface area contributed by atoms with Gasteiger partial charge in [-0.1, -0.05) is 15.9 Å². The number of ketones is 1. The Morgan fingerprint density at radius 2 is 1.60 bits per heavy atom. The highest BCUT2D eigenvalue weighted by molar-refractivity contribution is 9.10. The Labute approximate surface area is 116 Å². The molecule has 0 saturated carbocycles. The molecule has 0 N–H and O–H groups in total. The molecule has 0 aliphatic carbocycles. The molecule has 9 heteroatoms. The third-order valence-electron chi connectivity index (χ3n) is 2.35. The summed E-state index contributed by atoms with van der Waals surface area (Å²) in [6, 6.07) is 2.74. The van der Waals surface area contributed by atoms with Gasteiger partial charge in [0, 0.05) is 10.9 Å². The first-order valence-corrected chi connectivity index (χ1v) is 5.82. The van der Waals surface area contributed by atoms with E-state index >= 15 is 0 Å². The summed E-state index contributed by atoms with van der Waals surface area (Å²) in [5.41, 5.74) is -0.284. The summed E-state index contributed by atoms with van der Waals surface area (Å²) in [6.45, 7) is 0. The lowest BCUT2D eigenvalue weighted by Crippen LogP contribution is -2.43. The second-order valence-electron chi connectivity index (χ2n) is 3.90. The van der Waals surface area contributed by atoms with Crippen LogP contribution in [0.3, 0.4) is 0 Å². The molecular weight excluding hydrogens is 361 g/mol. The molecule has 112 valence electrons. The summed E-state index contributed by atoms with van der Waals surface area (Å²) < 4.78 is 86.9. The molecule has 0 aliphatic rings. The summed E-state index contributed by atoms with van der Waals surface area (Å²) in [4.78, 5) is 11.3. The van der Waals surface area contributed by atoms with Gasteiger partial charge < -0.3 is 0 Å². The Kier molecular flexibility index (Phi) is 4.83. The predicted molar refractivity (Wildman–Crippen MR) is 58.4 cm³/mol. The van der Waals surface area contributed by atoms with Gasteiger partial charge in [0.15, 0.2) is 5.78 Å². The van der Waals surface area contributed by atoms with Crippen LogP contribution in [0.2, 0.25) is 0 Å². The zero-order chi connectivity index (χ0) is 15.7. The monoisotopic (exact) mass is 366 g/mol. The predicted octanol–water partition coefficient (Wildman–Crippen LogP) is 4.44. The van der Waals surface area contributed by atoms with E-state index < -0.39 is 36.3 Å². The van der Waals surface area contributed by atoms with Crippen LogP contribution in [-0.2, 0) is 11.2 Å². The van der Waals surface area contributed by atoms with Crippen molar-refractivity contribution >= 4 is 21.7 Å². The molecule has 0 amide bonds. The van der Waals surface area contributed by atoms with Gasteiger partial charge in [-0.25, -0.2) is 4.39 Å². The zero-order valence-corrected chi connectivity index (χ0v) is 11.0. The van der Waals surface area contributed by atoms with Crippen LogP contribution in [0.15, 0.2) is 22.7 Å². The lowest BCUT2D eigenvalue weighted by Gasteiger charge is -2.21. The fourth-order valence-electron chi connectivity index (χ4n) is 1.52. The second-order valence-corrected chi connectivity index (χ2v) is 4.75. The lowest BCUT2D eigenvalue weighted by molar-refractivity contribution is -0.273. The molecule has 0 atom stereocenters. The Morgan fingerprint density at radius 1 is 1.10 bits per heavy atom. The van der Waals surface area contributed by atoms with Gasteiger partial charge in [-0.3, -0.25) is 4.79 Å². The smallest absolute Gasteiger partial charge is 0.298 e. The normalized spacial score (nSPS) is 12.8. The Bertz CT molecular complexity index is 492. The summed E-state index contributed by atoms with van der Waals surface area (Å²) in [7, 11) is 0. The van der Waals surface area contributed by atoms with Crippen molar-refractivity contribution < 1.29 is 35.5 Å². The number of benzene rings is 1. The number of carbonyl (C=O) groups excluding carboxylic acids is 1. The van der Waals surface area contributed by atoms with Crippen molar-refractivity contribution in [2.24, 2.45) is 5.92 Å². The largest absolute Gasteiger partial charge is 0.407 e. The minimum atomic E-state index is -5.74. The number of hydrogen-bond acceptors (Lipinski definition) is 1. The van der Waals surface area contributed by atoms with Gasteiger partial charge in [0.1, 0.15) is 5.82 Å². The molecule has 0 aliphatic heterocycles. The SMILES string of the molecule is O=C(Cc1cc(F)ccc1Br)C(C(F)(F)F)C(F)(F)F. The molecule has 0 radical (unpaired) electrons. The third kappa shape index (κ3) is 4.19. The second kappa shape index (κ2) is 5.71. The fraction of sp³-hybridized carbons (Fsp3) is 0.364. The van der Waals surface area contributed by atoms with Crippen molar-refractivity contribution in [3.05, 3.63) is 34.1 Å². The van der Waals surface area contributed by atoms with Crippen LogP contribution >= 0.6 is 15.9 Å². The Morgan fingerprint density at radius 3 is 2.05 bits per heavy atom. The van der Waals surface area contributed by atoms with Crippen LogP contribution in [0, 0.1) is 11.7 Å². The van der Waals surface area contributed by atoms with Crippen molar-refractivity contribution in [2.45, 2.75) is 18.8 Å². The van der Waals surface area contributed by atoms with Crippen LogP contribution in [0.4, 0.5) is 30.7 Å². The van der Waals surface area contributed by atoms with Gasteiger partial charge in [-0.2, -0.15) is 26.3 Å². The third-order valence-corrected chi connectivity index (χ3v) is 3.12. The maximum absolute atomic E-state index is 12.9. The van der Waals surface area contributed by atoms with Crippen molar-refractivity contribution in [1.29, 1.82) is 0 Å². The van der Waals surface area contributed by atoms with E-state index in [9.17, 15) is 35.5 Å². The topological polar surface area (TPSA) is 17.1 Å². The Balaban J connectivity index is 3.07. The van der Waals surface area contributed by atoms with Crippen LogP contribution in [0.25, 0.3) is 0 Å². The van der Waals surface area contributed by atoms with Crippen LogP contribution in [-0.4, -0.2) is 18.1 Å². The molecular formula is C11H6BrF7O. The fourth-order valence-corrected chi connectivity index (χ4v) is 1.91. The van der Waals surface area contributed by atoms with E-state index in [2.05, 4.69) is 15.9 Å². The Hall–Kier alpha value is -1.12. The van der Waals surface area contributed by atoms with Crippen molar-refractivity contribution in [1.82, 2.24) is 0 Å². The highest BCUT2D eigenvalue weighted by Crippen LogP contribution is 2.40. The highest BCUT2D eigenvalue weighted by atomic mass is 79.9. The van der Waals surface area contributed by atoms with Gasteiger partial charge >= 0.3 is 12.4 Å². The van der Waals surface area contributed by atoms with Crippen molar-refractivity contribution in [3.63, 3.8) is 0 Å². The van der Waals surface area contributed by atoms with Crippen LogP contribution in [0.1, 0.15) is 5.56 Å². The summed E-state index contributed by atoms with van der Waals surface area (Å²) in [6.07, 6.45) is -12.7. The van der Waals surface area contributed by atoms with E-state index in [1.165, 1.54) is 0 Å². The van der Waals surface area contributed by atoms with Crippen LogP contribution < -0.4 is 0 Å². The summed E-state index contributed by atoms with van der Waals surface area (Å²) in [5.74, 6) is -7.03. The molecule has 1 rings (SSSR count). The number of alkyl halides is 6. The molecule has 20 heavy (non-hydrogen) atoms. The zero-order valence-electron chi connectivity index (χ0n) is 9.45. The lowest BCUT2D eigenvalue weighted by atomic mass is 9.96. The van der Waals surface area contributed by atoms with Gasteiger partial charge in [-0.05, 0) is 23.8 Å². The number of hydrogen-bond donors (Lipinski definition) is 0. The molecule has 1 nitrogen and oxygen atoms in total. The van der Waals surface area contributed by atoms with Gasteiger partial charge in [0.2, 0.25) is 5.92 Å². The molecule has 0 fully saturated rings. The molecule has 0 saturated heterocycles. The maximum atomic E-state index is 12.9. The molecule has 0 aromatic heterocycles. The quantitative estimate of drug-likeness (QED) is 0.722. The number of rotatable bonds is 3. The van der Waals surface area contributed by atoms with Gasteiger partial charge in [0.05, 0.1) is 0 Å². The first-order chi connectivity index (χ1) is 8.93. The molecule has 0 spiro atoms. The standard InChI is InChI=1S/C11H6BrF7O/c12-7-2-1-6(13)3-5(7)4-8(20)9(10(14,15)16)11(17,18)19/h1-3,9H,4H2. The molecule has 1 aromatic rings. The molecule has 0 unspecified atom stereocenters. The minimum Gasteiger partial charge on any atom is -0.298 e. The van der Waals surface area contributed by atoms with Crippen molar-refractivity contribution in [2.75, 3.05) is 0 Å². The maximum Gasteiger partial charge on any atom is 0.407 e. The summed E-state index contributed by atoms with van der Waals surface area (Å²) >= 11 is 2.83. The van der Waals surface area contributed by atoms with E-state index in [4.69, 9.17) is 0 Å². The molecule has 1 aromatic carbocycles. The summed E-state index contributed by atoms with van der Waals surface area (Å²) in [5, 5.41) is 0. The van der Waals surface area contributed by atoms with E-state index in [0.29, 0.717) is 6.07 Å². The minimum absolute atomic E-state index is 0.0512. The number of Topliss-reactive ketones (excluding diaryl/α,β-unsaturated/α-hetero) is 1. The molecule has 0 bridgehead atoms. The molecule has 0 heterocycles. The van der Waals surface area contributed by atoms with Gasteiger partial charge in [-0.15, -0.1) is 0 Å². The van der Waals surface area contributed by atoms with E-state index in [1.54, 1.807) is 0 Å². The average molecular weight is 367 g/mol. The number of halogens is 8. The van der Waals surface area contributed by atoms with E-state index in [1.807, 2.05) is 0 Å².